The minimum atomic E-state index is -0.320. The van der Waals surface area contributed by atoms with Gasteiger partial charge in [0.25, 0.3) is 5.91 Å². The van der Waals surface area contributed by atoms with Crippen LogP contribution in [0.3, 0.4) is 0 Å². The lowest BCUT2D eigenvalue weighted by molar-refractivity contribution is -0.111. The van der Waals surface area contributed by atoms with Crippen LogP contribution in [0.5, 0.6) is 11.5 Å². The number of carbonyl (C=O) groups is 1. The minimum Gasteiger partial charge on any atom is -0.456 e. The largest absolute Gasteiger partial charge is 0.456 e. The maximum Gasteiger partial charge on any atom is 0.255 e. The van der Waals surface area contributed by atoms with Crippen molar-refractivity contribution in [2.45, 2.75) is 19.3 Å². The number of allylic oxidation sites excluding steroid dienone is 1. The highest BCUT2D eigenvalue weighted by molar-refractivity contribution is 6.26. The summed E-state index contributed by atoms with van der Waals surface area (Å²) in [6.45, 7) is 2.16. The summed E-state index contributed by atoms with van der Waals surface area (Å²) in [7, 11) is 0. The van der Waals surface area contributed by atoms with Crippen LogP contribution in [0.4, 0.5) is 10.1 Å². The van der Waals surface area contributed by atoms with E-state index in [9.17, 15) is 9.18 Å². The first-order valence-electron chi connectivity index (χ1n) is 13.1. The number of para-hydroxylation sites is 1. The molecule has 0 bridgehead atoms. The van der Waals surface area contributed by atoms with Crippen molar-refractivity contribution in [1.29, 1.82) is 0 Å². The number of ether oxygens (including phenoxy) is 1. The first-order valence-corrected chi connectivity index (χ1v) is 13.1. The molecule has 1 aliphatic carbocycles. The van der Waals surface area contributed by atoms with Crippen LogP contribution in [0.15, 0.2) is 116 Å². The van der Waals surface area contributed by atoms with Gasteiger partial charge in [-0.25, -0.2) is 4.39 Å². The number of nitrogens with one attached hydrogen (secondary N) is 1. The monoisotopic (exact) mass is 527 g/mol. The van der Waals surface area contributed by atoms with E-state index in [0.29, 0.717) is 34.2 Å². The Kier molecular flexibility index (Phi) is 6.89. The Hall–Kier alpha value is -5.10. The number of pyridine rings is 2. The smallest absolute Gasteiger partial charge is 0.255 e. The van der Waals surface area contributed by atoms with E-state index in [4.69, 9.17) is 4.74 Å². The number of aromatic nitrogens is 2. The van der Waals surface area contributed by atoms with Crippen LogP contribution in [-0.4, -0.2) is 15.9 Å². The van der Waals surface area contributed by atoms with Crippen molar-refractivity contribution in [3.63, 3.8) is 0 Å². The van der Waals surface area contributed by atoms with E-state index in [1.807, 2.05) is 48.5 Å². The Morgan fingerprint density at radius 1 is 0.850 bits per heavy atom. The molecule has 5 nitrogen and oxygen atoms in total. The van der Waals surface area contributed by atoms with E-state index in [1.54, 1.807) is 42.9 Å². The Morgan fingerprint density at radius 2 is 1.73 bits per heavy atom. The Balaban J connectivity index is 1.24. The van der Waals surface area contributed by atoms with Crippen LogP contribution in [0, 0.1) is 5.82 Å². The fourth-order valence-corrected chi connectivity index (χ4v) is 4.89. The maximum absolute atomic E-state index is 13.6. The highest BCUT2D eigenvalue weighted by Gasteiger charge is 2.24. The third-order valence-corrected chi connectivity index (χ3v) is 6.96. The van der Waals surface area contributed by atoms with Crippen LogP contribution in [0.1, 0.15) is 30.4 Å². The molecule has 1 atom stereocenters. The highest BCUT2D eigenvalue weighted by Crippen LogP contribution is 2.38. The lowest BCUT2D eigenvalue weighted by atomic mass is 9.82. The molecule has 6 rings (SSSR count). The molecule has 2 heterocycles. The topological polar surface area (TPSA) is 64.1 Å². The molecule has 1 N–H and O–H groups in total. The third kappa shape index (κ3) is 5.38. The number of anilines is 1. The van der Waals surface area contributed by atoms with E-state index in [-0.39, 0.29) is 11.7 Å². The van der Waals surface area contributed by atoms with Crippen molar-refractivity contribution >= 4 is 17.2 Å². The van der Waals surface area contributed by atoms with Crippen LogP contribution in [0.25, 0.3) is 28.0 Å². The van der Waals surface area contributed by atoms with Crippen molar-refractivity contribution in [3.05, 3.63) is 133 Å². The van der Waals surface area contributed by atoms with Gasteiger partial charge in [0.2, 0.25) is 0 Å². The second-order valence-electron chi connectivity index (χ2n) is 9.78. The number of nitrogens with zero attached hydrogens (tertiary/aromatic N) is 2. The highest BCUT2D eigenvalue weighted by atomic mass is 19.1. The van der Waals surface area contributed by atoms with E-state index in [2.05, 4.69) is 34.3 Å². The molecule has 2 aromatic heterocycles. The van der Waals surface area contributed by atoms with Gasteiger partial charge in [-0.15, -0.1) is 0 Å². The van der Waals surface area contributed by atoms with Crippen LogP contribution in [-0.2, 0) is 4.79 Å². The van der Waals surface area contributed by atoms with E-state index < -0.39 is 0 Å². The summed E-state index contributed by atoms with van der Waals surface area (Å²) in [4.78, 5) is 22.3. The summed E-state index contributed by atoms with van der Waals surface area (Å²) < 4.78 is 19.6. The first-order chi connectivity index (χ1) is 19.5. The fraction of sp³-hybridized carbons (Fsp3) is 0.0882. The van der Waals surface area contributed by atoms with Crippen LogP contribution >= 0.6 is 0 Å². The molecular formula is C34H26FN3O2. The SMILES string of the molecule is C[C@@H]1CC=C(C(=O)Nc2ccc(-c3cccc(F)c3)nc2)c2cc(-c3cncc(Oc4ccccc4)c3)ccc21. The summed E-state index contributed by atoms with van der Waals surface area (Å²) >= 11 is 0. The molecule has 0 fully saturated rings. The Labute approximate surface area is 232 Å². The fourth-order valence-electron chi connectivity index (χ4n) is 4.89. The normalized spacial score (nSPS) is 14.2. The zero-order valence-electron chi connectivity index (χ0n) is 21.8. The van der Waals surface area contributed by atoms with Crippen molar-refractivity contribution in [2.75, 3.05) is 5.32 Å². The maximum atomic E-state index is 13.6. The number of carbonyl (C=O) groups excluding carboxylic acids is 1. The van der Waals surface area contributed by atoms with Crippen LogP contribution < -0.4 is 10.1 Å². The van der Waals surface area contributed by atoms with Gasteiger partial charge in [-0.3, -0.25) is 14.8 Å². The number of hydrogen-bond donors (Lipinski definition) is 1. The molecule has 6 heteroatoms. The average molecular weight is 528 g/mol. The molecule has 0 saturated heterocycles. The molecule has 3 aromatic carbocycles. The summed E-state index contributed by atoms with van der Waals surface area (Å²) in [5.74, 6) is 1.14. The molecular weight excluding hydrogens is 501 g/mol. The van der Waals surface area contributed by atoms with Gasteiger partial charge >= 0.3 is 0 Å². The number of benzene rings is 3. The van der Waals surface area contributed by atoms with Gasteiger partial charge in [0.15, 0.2) is 0 Å². The quantitative estimate of drug-likeness (QED) is 0.241. The number of amides is 1. The molecule has 0 radical (unpaired) electrons. The number of halogens is 1. The molecule has 0 unspecified atom stereocenters. The zero-order chi connectivity index (χ0) is 27.5. The van der Waals surface area contributed by atoms with Crippen LogP contribution in [0.2, 0.25) is 0 Å². The lowest BCUT2D eigenvalue weighted by Crippen LogP contribution is -2.17. The second kappa shape index (κ2) is 10.9. The van der Waals surface area contributed by atoms with Crippen molar-refractivity contribution in [3.8, 4) is 33.9 Å². The molecule has 0 spiro atoms. The summed E-state index contributed by atoms with van der Waals surface area (Å²) in [5.41, 5.74) is 6.35. The van der Waals surface area contributed by atoms with E-state index >= 15 is 0 Å². The Bertz CT molecular complexity index is 1720. The minimum absolute atomic E-state index is 0.204. The third-order valence-electron chi connectivity index (χ3n) is 6.96. The van der Waals surface area contributed by atoms with Gasteiger partial charge in [-0.1, -0.05) is 55.5 Å². The number of hydrogen-bond acceptors (Lipinski definition) is 4. The number of fused-ring (bicyclic) bond motifs is 1. The van der Waals surface area contributed by atoms with Gasteiger partial charge in [0.1, 0.15) is 17.3 Å². The molecule has 196 valence electrons. The lowest BCUT2D eigenvalue weighted by Gasteiger charge is -2.23. The summed E-state index contributed by atoms with van der Waals surface area (Å²) in [6, 6.07) is 27.5. The molecule has 0 saturated carbocycles. The standard InChI is InChI=1S/C34H26FN3O2/c1-22-10-13-31(34(39)38-27-12-15-33(37-20-27)24-6-5-7-26(35)16-24)32-18-23(11-14-30(22)32)25-17-29(21-36-19-25)40-28-8-3-2-4-9-28/h2-9,11-22H,10H2,1H3,(H,38,39)/t22-/m1/s1. The molecule has 0 aliphatic heterocycles. The second-order valence-corrected chi connectivity index (χ2v) is 9.78. The zero-order valence-corrected chi connectivity index (χ0v) is 21.8. The van der Waals surface area contributed by atoms with Gasteiger partial charge < -0.3 is 10.1 Å². The molecule has 1 aliphatic rings. The van der Waals surface area contributed by atoms with Gasteiger partial charge in [0.05, 0.1) is 23.8 Å². The molecule has 40 heavy (non-hydrogen) atoms. The summed E-state index contributed by atoms with van der Waals surface area (Å²) in [6.07, 6.45) is 7.83. The van der Waals surface area contributed by atoms with Gasteiger partial charge in [-0.2, -0.15) is 0 Å². The summed E-state index contributed by atoms with van der Waals surface area (Å²) in [5, 5.41) is 2.98. The Morgan fingerprint density at radius 3 is 2.52 bits per heavy atom. The van der Waals surface area contributed by atoms with Crippen molar-refractivity contribution in [1.82, 2.24) is 9.97 Å². The predicted molar refractivity (Wildman–Crippen MR) is 155 cm³/mol. The van der Waals surface area contributed by atoms with E-state index in [1.165, 1.54) is 12.1 Å². The average Bonchev–Trinajstić information content (AvgIpc) is 2.98. The number of rotatable bonds is 6. The predicted octanol–water partition coefficient (Wildman–Crippen LogP) is 8.27. The molecule has 5 aromatic rings. The van der Waals surface area contributed by atoms with E-state index in [0.717, 1.165) is 34.4 Å². The van der Waals surface area contributed by atoms with Gasteiger partial charge in [0, 0.05) is 22.9 Å². The van der Waals surface area contributed by atoms with Gasteiger partial charge in [-0.05, 0) is 77.6 Å². The molecule has 1 amide bonds. The van der Waals surface area contributed by atoms with Crippen molar-refractivity contribution < 1.29 is 13.9 Å². The van der Waals surface area contributed by atoms with Crippen molar-refractivity contribution in [2.24, 2.45) is 0 Å². The first kappa shape index (κ1) is 25.2.